The van der Waals surface area contributed by atoms with E-state index in [0.717, 1.165) is 18.4 Å². The van der Waals surface area contributed by atoms with Crippen LogP contribution in [0.25, 0.3) is 0 Å². The Hall–Kier alpha value is -1.94. The minimum atomic E-state index is -0.369. The van der Waals surface area contributed by atoms with Crippen molar-refractivity contribution < 1.29 is 14.3 Å². The van der Waals surface area contributed by atoms with E-state index in [4.69, 9.17) is 4.74 Å². The molecule has 4 heteroatoms. The van der Waals surface area contributed by atoms with E-state index in [2.05, 4.69) is 6.92 Å². The van der Waals surface area contributed by atoms with Crippen molar-refractivity contribution in [2.24, 2.45) is 0 Å². The highest BCUT2D eigenvalue weighted by molar-refractivity contribution is 7.12. The molecule has 0 saturated heterocycles. The number of rotatable bonds is 11. The van der Waals surface area contributed by atoms with E-state index in [1.54, 1.807) is 12.1 Å². The van der Waals surface area contributed by atoms with Crippen molar-refractivity contribution in [1.29, 1.82) is 0 Å². The van der Waals surface area contributed by atoms with Crippen molar-refractivity contribution in [3.05, 3.63) is 57.8 Å². The number of carbonyl (C=O) groups is 2. The lowest BCUT2D eigenvalue weighted by molar-refractivity contribution is -0.145. The Bertz CT molecular complexity index is 691. The van der Waals surface area contributed by atoms with Crippen molar-refractivity contribution in [1.82, 2.24) is 0 Å². The van der Waals surface area contributed by atoms with E-state index >= 15 is 0 Å². The van der Waals surface area contributed by atoms with E-state index in [-0.39, 0.29) is 17.7 Å². The summed E-state index contributed by atoms with van der Waals surface area (Å²) in [6, 6.07) is 11.0. The number of benzene rings is 1. The van der Waals surface area contributed by atoms with Gasteiger partial charge in [-0.05, 0) is 36.4 Å². The van der Waals surface area contributed by atoms with Crippen LogP contribution >= 0.6 is 11.3 Å². The number of esters is 1. The van der Waals surface area contributed by atoms with E-state index in [0.29, 0.717) is 17.0 Å². The SMILES string of the molecule is CCCCCCCCOC(=O)C(C)c1cccc(C(=O)c2cccs2)c1. The van der Waals surface area contributed by atoms with Gasteiger partial charge in [-0.2, -0.15) is 0 Å². The summed E-state index contributed by atoms with van der Waals surface area (Å²) in [5, 5.41) is 1.89. The minimum Gasteiger partial charge on any atom is -0.465 e. The third kappa shape index (κ3) is 6.10. The van der Waals surface area contributed by atoms with Crippen LogP contribution in [0.1, 0.15) is 79.1 Å². The molecule has 0 aliphatic rings. The van der Waals surface area contributed by atoms with Gasteiger partial charge in [0.15, 0.2) is 0 Å². The van der Waals surface area contributed by atoms with Gasteiger partial charge in [0, 0.05) is 5.56 Å². The minimum absolute atomic E-state index is 0.00510. The van der Waals surface area contributed by atoms with Crippen LogP contribution in [0, 0.1) is 0 Å². The number of carbonyl (C=O) groups excluding carboxylic acids is 2. The second kappa shape index (κ2) is 10.9. The largest absolute Gasteiger partial charge is 0.465 e. The zero-order valence-corrected chi connectivity index (χ0v) is 16.5. The molecular formula is C22H28O3S. The van der Waals surface area contributed by atoms with Gasteiger partial charge in [0.05, 0.1) is 17.4 Å². The highest BCUT2D eigenvalue weighted by atomic mass is 32.1. The molecule has 1 aromatic carbocycles. The Kier molecular flexibility index (Phi) is 8.56. The molecule has 0 aliphatic heterocycles. The highest BCUT2D eigenvalue weighted by Gasteiger charge is 2.18. The molecule has 2 rings (SSSR count). The predicted molar refractivity (Wildman–Crippen MR) is 107 cm³/mol. The first-order valence-electron chi connectivity index (χ1n) is 9.48. The summed E-state index contributed by atoms with van der Waals surface area (Å²) in [7, 11) is 0. The van der Waals surface area contributed by atoms with Gasteiger partial charge in [-0.1, -0.05) is 63.3 Å². The molecule has 140 valence electrons. The molecular weight excluding hydrogens is 344 g/mol. The van der Waals surface area contributed by atoms with Gasteiger partial charge in [-0.15, -0.1) is 11.3 Å². The Labute approximate surface area is 160 Å². The third-order valence-corrected chi connectivity index (χ3v) is 5.36. The van der Waals surface area contributed by atoms with Crippen LogP contribution in [-0.2, 0) is 9.53 Å². The van der Waals surface area contributed by atoms with Gasteiger partial charge in [-0.3, -0.25) is 9.59 Å². The molecule has 1 aromatic heterocycles. The lowest BCUT2D eigenvalue weighted by atomic mass is 9.97. The molecule has 0 aliphatic carbocycles. The first-order valence-corrected chi connectivity index (χ1v) is 10.4. The number of thiophene rings is 1. The summed E-state index contributed by atoms with van der Waals surface area (Å²) in [5.74, 6) is -0.597. The summed E-state index contributed by atoms with van der Waals surface area (Å²) in [5.41, 5.74) is 1.43. The van der Waals surface area contributed by atoms with Gasteiger partial charge < -0.3 is 4.74 Å². The molecule has 0 fully saturated rings. The molecule has 0 spiro atoms. The van der Waals surface area contributed by atoms with Gasteiger partial charge in [-0.25, -0.2) is 0 Å². The van der Waals surface area contributed by atoms with E-state index in [1.807, 2.05) is 36.6 Å². The predicted octanol–water partition coefficient (Wildman–Crippen LogP) is 5.99. The molecule has 1 heterocycles. The smallest absolute Gasteiger partial charge is 0.313 e. The van der Waals surface area contributed by atoms with Gasteiger partial charge in [0.25, 0.3) is 0 Å². The number of hydrogen-bond acceptors (Lipinski definition) is 4. The van der Waals surface area contributed by atoms with Gasteiger partial charge in [0.2, 0.25) is 5.78 Å². The van der Waals surface area contributed by atoms with Crippen molar-refractivity contribution >= 4 is 23.1 Å². The molecule has 0 N–H and O–H groups in total. The van der Waals surface area contributed by atoms with Crippen LogP contribution in [0.2, 0.25) is 0 Å². The second-order valence-corrected chi connectivity index (χ2v) is 7.54. The topological polar surface area (TPSA) is 43.4 Å². The van der Waals surface area contributed by atoms with Crippen LogP contribution in [0.3, 0.4) is 0 Å². The summed E-state index contributed by atoms with van der Waals surface area (Å²) in [4.78, 5) is 25.5. The standard InChI is InChI=1S/C22H28O3S/c1-3-4-5-6-7-8-14-25-22(24)17(2)18-11-9-12-19(16-18)21(23)20-13-10-15-26-20/h9-13,15-17H,3-8,14H2,1-2H3. The summed E-state index contributed by atoms with van der Waals surface area (Å²) in [6.07, 6.45) is 6.99. The number of ether oxygens (including phenoxy) is 1. The maximum atomic E-state index is 12.5. The lowest BCUT2D eigenvalue weighted by Gasteiger charge is -2.13. The fraction of sp³-hybridized carbons (Fsp3) is 0.455. The number of ketones is 1. The van der Waals surface area contributed by atoms with Gasteiger partial charge >= 0.3 is 5.97 Å². The van der Waals surface area contributed by atoms with E-state index in [1.165, 1.54) is 37.0 Å². The molecule has 3 nitrogen and oxygen atoms in total. The molecule has 0 saturated carbocycles. The average Bonchev–Trinajstić information content (AvgIpc) is 3.20. The second-order valence-electron chi connectivity index (χ2n) is 6.59. The summed E-state index contributed by atoms with van der Waals surface area (Å²) < 4.78 is 5.42. The zero-order chi connectivity index (χ0) is 18.8. The van der Waals surface area contributed by atoms with Crippen molar-refractivity contribution in [2.75, 3.05) is 6.61 Å². The molecule has 26 heavy (non-hydrogen) atoms. The molecule has 1 unspecified atom stereocenters. The Balaban J connectivity index is 1.84. The number of hydrogen-bond donors (Lipinski definition) is 0. The van der Waals surface area contributed by atoms with Crippen LogP contribution < -0.4 is 0 Å². The monoisotopic (exact) mass is 372 g/mol. The zero-order valence-electron chi connectivity index (χ0n) is 15.7. The first-order chi connectivity index (χ1) is 12.6. The Morgan fingerprint density at radius 1 is 1.04 bits per heavy atom. The van der Waals surface area contributed by atoms with E-state index < -0.39 is 0 Å². The first kappa shape index (κ1) is 20.4. The summed E-state index contributed by atoms with van der Waals surface area (Å²) >= 11 is 1.43. The van der Waals surface area contributed by atoms with Crippen molar-refractivity contribution in [3.8, 4) is 0 Å². The number of unbranched alkanes of at least 4 members (excludes halogenated alkanes) is 5. The quantitative estimate of drug-likeness (QED) is 0.276. The van der Waals surface area contributed by atoms with Crippen molar-refractivity contribution in [2.45, 2.75) is 58.3 Å². The molecule has 1 atom stereocenters. The molecule has 2 aromatic rings. The van der Waals surface area contributed by atoms with Gasteiger partial charge in [0.1, 0.15) is 0 Å². The van der Waals surface area contributed by atoms with Crippen LogP contribution in [-0.4, -0.2) is 18.4 Å². The van der Waals surface area contributed by atoms with E-state index in [9.17, 15) is 9.59 Å². The fourth-order valence-corrected chi connectivity index (χ4v) is 3.50. The molecule has 0 amide bonds. The Morgan fingerprint density at radius 3 is 2.54 bits per heavy atom. The Morgan fingerprint density at radius 2 is 1.81 bits per heavy atom. The highest BCUT2D eigenvalue weighted by Crippen LogP contribution is 2.21. The van der Waals surface area contributed by atoms with Crippen LogP contribution in [0.5, 0.6) is 0 Å². The van der Waals surface area contributed by atoms with Crippen LogP contribution in [0.15, 0.2) is 41.8 Å². The third-order valence-electron chi connectivity index (χ3n) is 4.49. The molecule has 0 radical (unpaired) electrons. The maximum absolute atomic E-state index is 12.5. The summed E-state index contributed by atoms with van der Waals surface area (Å²) in [6.45, 7) is 4.51. The van der Waals surface area contributed by atoms with Crippen LogP contribution in [0.4, 0.5) is 0 Å². The molecule has 0 bridgehead atoms. The maximum Gasteiger partial charge on any atom is 0.313 e. The average molecular weight is 373 g/mol. The normalized spacial score (nSPS) is 11.9. The fourth-order valence-electron chi connectivity index (χ4n) is 2.82. The van der Waals surface area contributed by atoms with Crippen molar-refractivity contribution in [3.63, 3.8) is 0 Å². The lowest BCUT2D eigenvalue weighted by Crippen LogP contribution is -2.14.